The third-order valence-electron chi connectivity index (χ3n) is 4.44. The normalized spacial score (nSPS) is 24.8. The van der Waals surface area contributed by atoms with Crippen LogP contribution in [0.1, 0.15) is 12.8 Å². The molecule has 2 fully saturated rings. The van der Waals surface area contributed by atoms with Crippen LogP contribution in [0, 0.1) is 17.8 Å². The zero-order chi connectivity index (χ0) is 16.6. The van der Waals surface area contributed by atoms with Crippen LogP contribution in [0.4, 0.5) is 0 Å². The van der Waals surface area contributed by atoms with Crippen molar-refractivity contribution in [3.05, 3.63) is 17.5 Å². The Morgan fingerprint density at radius 2 is 2.09 bits per heavy atom. The number of likely N-dealkylation sites (tertiary alicyclic amines) is 1. The molecule has 1 saturated carbocycles. The van der Waals surface area contributed by atoms with Gasteiger partial charge in [-0.05, 0) is 36.1 Å². The van der Waals surface area contributed by atoms with Crippen LogP contribution in [0.25, 0.3) is 0 Å². The molecule has 9 heteroatoms. The molecule has 1 aromatic heterocycles. The summed E-state index contributed by atoms with van der Waals surface area (Å²) in [7, 11) is -3.68. The molecule has 2 aliphatic rings. The lowest BCUT2D eigenvalue weighted by atomic mass is 9.92. The lowest BCUT2D eigenvalue weighted by molar-refractivity contribution is -0.142. The SMILES string of the molecule is O=C(O)[C@H]1CN(C(=O)CNS(=O)(=O)c2cccs2)C[C@@H]1C1CC1. The van der Waals surface area contributed by atoms with E-state index in [1.54, 1.807) is 11.4 Å². The summed E-state index contributed by atoms with van der Waals surface area (Å²) in [4.78, 5) is 25.0. The van der Waals surface area contributed by atoms with Crippen molar-refractivity contribution in [1.29, 1.82) is 0 Å². The largest absolute Gasteiger partial charge is 0.481 e. The van der Waals surface area contributed by atoms with Crippen molar-refractivity contribution in [3.63, 3.8) is 0 Å². The highest BCUT2D eigenvalue weighted by Gasteiger charge is 2.46. The fourth-order valence-electron chi connectivity index (χ4n) is 3.05. The van der Waals surface area contributed by atoms with Gasteiger partial charge in [-0.25, -0.2) is 13.1 Å². The smallest absolute Gasteiger partial charge is 0.308 e. The minimum atomic E-state index is -3.68. The monoisotopic (exact) mass is 358 g/mol. The Morgan fingerprint density at radius 3 is 2.65 bits per heavy atom. The van der Waals surface area contributed by atoms with E-state index in [-0.39, 0.29) is 29.1 Å². The highest BCUT2D eigenvalue weighted by molar-refractivity contribution is 7.91. The summed E-state index contributed by atoms with van der Waals surface area (Å²) in [6.07, 6.45) is 2.03. The molecule has 2 atom stereocenters. The first-order chi connectivity index (χ1) is 10.9. The highest BCUT2D eigenvalue weighted by Crippen LogP contribution is 2.44. The average Bonchev–Trinajstić information content (AvgIpc) is 3.04. The van der Waals surface area contributed by atoms with E-state index in [1.807, 2.05) is 0 Å². The van der Waals surface area contributed by atoms with Gasteiger partial charge >= 0.3 is 5.97 Å². The van der Waals surface area contributed by atoms with Gasteiger partial charge in [-0.3, -0.25) is 9.59 Å². The molecule has 1 saturated heterocycles. The zero-order valence-corrected chi connectivity index (χ0v) is 14.0. The maximum Gasteiger partial charge on any atom is 0.308 e. The summed E-state index contributed by atoms with van der Waals surface area (Å²) < 4.78 is 26.4. The minimum Gasteiger partial charge on any atom is -0.481 e. The summed E-state index contributed by atoms with van der Waals surface area (Å²) in [5.41, 5.74) is 0. The Kier molecular flexibility index (Phi) is 4.43. The van der Waals surface area contributed by atoms with Gasteiger partial charge in [0.25, 0.3) is 10.0 Å². The second-order valence-electron chi connectivity index (χ2n) is 6.00. The quantitative estimate of drug-likeness (QED) is 0.775. The standard InChI is InChI=1S/C14H18N2O5S2/c17-12(6-15-23(20,21)13-2-1-5-22-13)16-7-10(9-3-4-9)11(8-16)14(18)19/h1-2,5,9-11,15H,3-4,6-8H2,(H,18,19)/t10-,11+/m1/s1. The van der Waals surface area contributed by atoms with Crippen LogP contribution in [0.5, 0.6) is 0 Å². The van der Waals surface area contributed by atoms with E-state index in [0.717, 1.165) is 24.2 Å². The lowest BCUT2D eigenvalue weighted by Crippen LogP contribution is -2.39. The third kappa shape index (κ3) is 3.56. The average molecular weight is 358 g/mol. The number of aliphatic carboxylic acids is 1. The molecule has 23 heavy (non-hydrogen) atoms. The summed E-state index contributed by atoms with van der Waals surface area (Å²) >= 11 is 1.08. The van der Waals surface area contributed by atoms with Crippen LogP contribution in [0.15, 0.2) is 21.7 Å². The van der Waals surface area contributed by atoms with Gasteiger partial charge in [0.2, 0.25) is 5.91 Å². The van der Waals surface area contributed by atoms with Gasteiger partial charge in [0.15, 0.2) is 0 Å². The van der Waals surface area contributed by atoms with Crippen molar-refractivity contribution in [2.24, 2.45) is 17.8 Å². The molecular weight excluding hydrogens is 340 g/mol. The summed E-state index contributed by atoms with van der Waals surface area (Å²) in [5, 5.41) is 10.9. The van der Waals surface area contributed by atoms with Crippen molar-refractivity contribution in [2.75, 3.05) is 19.6 Å². The minimum absolute atomic E-state index is 0.00893. The van der Waals surface area contributed by atoms with Crippen LogP contribution >= 0.6 is 11.3 Å². The van der Waals surface area contributed by atoms with E-state index < -0.39 is 21.9 Å². The molecule has 7 nitrogen and oxygen atoms in total. The summed E-state index contributed by atoms with van der Waals surface area (Å²) in [5.74, 6) is -1.42. The Labute approximate surface area is 138 Å². The van der Waals surface area contributed by atoms with E-state index in [0.29, 0.717) is 12.5 Å². The molecule has 1 aliphatic heterocycles. The summed E-state index contributed by atoms with van der Waals surface area (Å²) in [6.45, 7) is 0.223. The predicted molar refractivity (Wildman–Crippen MR) is 83.4 cm³/mol. The van der Waals surface area contributed by atoms with Gasteiger partial charge in [0, 0.05) is 13.1 Å². The number of carboxylic acids is 1. The number of hydrogen-bond acceptors (Lipinski definition) is 5. The number of thiophene rings is 1. The van der Waals surface area contributed by atoms with Crippen molar-refractivity contribution >= 4 is 33.2 Å². The number of carboxylic acid groups (broad SMARTS) is 1. The first-order valence-electron chi connectivity index (χ1n) is 7.42. The number of hydrogen-bond donors (Lipinski definition) is 2. The number of nitrogens with one attached hydrogen (secondary N) is 1. The van der Waals surface area contributed by atoms with Crippen molar-refractivity contribution in [3.8, 4) is 0 Å². The molecule has 0 radical (unpaired) electrons. The van der Waals surface area contributed by atoms with Crippen LogP contribution in [-0.2, 0) is 19.6 Å². The van der Waals surface area contributed by atoms with E-state index in [2.05, 4.69) is 4.72 Å². The Morgan fingerprint density at radius 1 is 1.35 bits per heavy atom. The summed E-state index contributed by atoms with van der Waals surface area (Å²) in [6, 6.07) is 3.09. The molecule has 0 aromatic carbocycles. The van der Waals surface area contributed by atoms with Gasteiger partial charge in [-0.2, -0.15) is 0 Å². The molecule has 126 valence electrons. The molecule has 1 amide bonds. The second-order valence-corrected chi connectivity index (χ2v) is 8.94. The van der Waals surface area contributed by atoms with E-state index in [9.17, 15) is 23.1 Å². The number of carbonyl (C=O) groups excluding carboxylic acids is 1. The van der Waals surface area contributed by atoms with Gasteiger partial charge in [-0.1, -0.05) is 6.07 Å². The van der Waals surface area contributed by atoms with Crippen LogP contribution in [0.3, 0.4) is 0 Å². The van der Waals surface area contributed by atoms with Gasteiger partial charge < -0.3 is 10.0 Å². The molecule has 2 heterocycles. The molecule has 3 rings (SSSR count). The number of amides is 1. The second kappa shape index (κ2) is 6.21. The van der Waals surface area contributed by atoms with Crippen molar-refractivity contribution in [1.82, 2.24) is 9.62 Å². The lowest BCUT2D eigenvalue weighted by Gasteiger charge is -2.16. The molecule has 1 aliphatic carbocycles. The Hall–Kier alpha value is -1.45. The maximum atomic E-state index is 12.2. The number of carbonyl (C=O) groups is 2. The van der Waals surface area contributed by atoms with Crippen LogP contribution in [-0.4, -0.2) is 49.9 Å². The Bertz CT molecular complexity index is 697. The first kappa shape index (κ1) is 16.4. The predicted octanol–water partition coefficient (Wildman–Crippen LogP) is 0.596. The molecule has 0 bridgehead atoms. The van der Waals surface area contributed by atoms with Crippen LogP contribution < -0.4 is 4.72 Å². The van der Waals surface area contributed by atoms with Crippen molar-refractivity contribution < 1.29 is 23.1 Å². The fourth-order valence-corrected chi connectivity index (χ4v) is 5.06. The Balaban J connectivity index is 1.60. The van der Waals surface area contributed by atoms with E-state index >= 15 is 0 Å². The van der Waals surface area contributed by atoms with E-state index in [4.69, 9.17) is 0 Å². The number of rotatable bonds is 6. The number of nitrogens with zero attached hydrogens (tertiary/aromatic N) is 1. The maximum absolute atomic E-state index is 12.2. The molecule has 0 unspecified atom stereocenters. The fraction of sp³-hybridized carbons (Fsp3) is 0.571. The zero-order valence-electron chi connectivity index (χ0n) is 12.3. The molecule has 0 spiro atoms. The molecule has 2 N–H and O–H groups in total. The topological polar surface area (TPSA) is 104 Å². The van der Waals surface area contributed by atoms with E-state index in [1.165, 1.54) is 11.0 Å². The molecule has 1 aromatic rings. The van der Waals surface area contributed by atoms with Gasteiger partial charge in [0.1, 0.15) is 4.21 Å². The van der Waals surface area contributed by atoms with Gasteiger partial charge in [-0.15, -0.1) is 11.3 Å². The molecular formula is C14H18N2O5S2. The van der Waals surface area contributed by atoms with Crippen LogP contribution in [0.2, 0.25) is 0 Å². The van der Waals surface area contributed by atoms with Crippen molar-refractivity contribution in [2.45, 2.75) is 17.1 Å². The number of sulfonamides is 1. The highest BCUT2D eigenvalue weighted by atomic mass is 32.2. The third-order valence-corrected chi connectivity index (χ3v) is 7.23. The van der Waals surface area contributed by atoms with Gasteiger partial charge in [0.05, 0.1) is 12.5 Å². The first-order valence-corrected chi connectivity index (χ1v) is 9.78.